The van der Waals surface area contributed by atoms with Crippen molar-refractivity contribution in [2.75, 3.05) is 14.2 Å². The summed E-state index contributed by atoms with van der Waals surface area (Å²) in [5.74, 6) is 1.17. The van der Waals surface area contributed by atoms with Crippen molar-refractivity contribution in [3.8, 4) is 22.9 Å². The number of pyridine rings is 2. The van der Waals surface area contributed by atoms with Gasteiger partial charge in [-0.15, -0.1) is 0 Å². The third kappa shape index (κ3) is 4.33. The van der Waals surface area contributed by atoms with Gasteiger partial charge >= 0.3 is 0 Å². The Morgan fingerprint density at radius 1 is 0.968 bits per heavy atom. The van der Waals surface area contributed by atoms with E-state index in [1.54, 1.807) is 32.5 Å². The summed E-state index contributed by atoms with van der Waals surface area (Å²) < 4.78 is 10.7. The Labute approximate surface area is 180 Å². The lowest BCUT2D eigenvalue weighted by Gasteiger charge is -2.13. The standard InChI is InChI=1S/C25H23N3O3/c1-16-7-10-21-19(12-16)20(14-23(28-21)22-6-4-5-11-26-22)25(29)27-15-17-8-9-18(30-2)13-24(17)31-3/h4-14H,15H2,1-3H3,(H,27,29). The zero-order valence-electron chi connectivity index (χ0n) is 17.7. The van der Waals surface area contributed by atoms with Gasteiger partial charge in [0.05, 0.1) is 36.7 Å². The molecule has 0 saturated carbocycles. The average Bonchev–Trinajstić information content (AvgIpc) is 2.82. The fourth-order valence-electron chi connectivity index (χ4n) is 3.44. The van der Waals surface area contributed by atoms with Gasteiger partial charge in [-0.3, -0.25) is 9.78 Å². The van der Waals surface area contributed by atoms with Crippen LogP contribution in [0.15, 0.2) is 66.9 Å². The normalized spacial score (nSPS) is 10.7. The number of carbonyl (C=O) groups excluding carboxylic acids is 1. The maximum absolute atomic E-state index is 13.2. The van der Waals surface area contributed by atoms with Crippen LogP contribution in [0, 0.1) is 6.92 Å². The predicted octanol–water partition coefficient (Wildman–Crippen LogP) is 4.55. The van der Waals surface area contributed by atoms with Crippen molar-refractivity contribution in [3.05, 3.63) is 83.6 Å². The van der Waals surface area contributed by atoms with Gasteiger partial charge in [0.2, 0.25) is 0 Å². The molecular formula is C25H23N3O3. The molecular weight excluding hydrogens is 390 g/mol. The lowest BCUT2D eigenvalue weighted by molar-refractivity contribution is 0.0952. The fraction of sp³-hybridized carbons (Fsp3) is 0.160. The molecule has 156 valence electrons. The van der Waals surface area contributed by atoms with Gasteiger partial charge < -0.3 is 14.8 Å². The van der Waals surface area contributed by atoms with Gasteiger partial charge in [-0.25, -0.2) is 4.98 Å². The number of fused-ring (bicyclic) bond motifs is 1. The number of ether oxygens (including phenoxy) is 2. The first-order chi connectivity index (χ1) is 15.1. The van der Waals surface area contributed by atoms with Gasteiger partial charge in [0.1, 0.15) is 11.5 Å². The highest BCUT2D eigenvalue weighted by Gasteiger charge is 2.15. The SMILES string of the molecule is COc1ccc(CNC(=O)c2cc(-c3ccccn3)nc3ccc(C)cc23)c(OC)c1. The lowest BCUT2D eigenvalue weighted by Crippen LogP contribution is -2.23. The Kier molecular flexibility index (Phi) is 5.80. The summed E-state index contributed by atoms with van der Waals surface area (Å²) in [6, 6.07) is 18.8. The number of carbonyl (C=O) groups is 1. The number of nitrogens with zero attached hydrogens (tertiary/aromatic N) is 2. The third-order valence-electron chi connectivity index (χ3n) is 5.07. The molecule has 0 bridgehead atoms. The monoisotopic (exact) mass is 413 g/mol. The first kappa shape index (κ1) is 20.3. The maximum atomic E-state index is 13.2. The van der Waals surface area contributed by atoms with Crippen LogP contribution in [-0.2, 0) is 6.54 Å². The number of aryl methyl sites for hydroxylation is 1. The summed E-state index contributed by atoms with van der Waals surface area (Å²) in [7, 11) is 3.20. The van der Waals surface area contributed by atoms with Gasteiger partial charge in [0, 0.05) is 29.8 Å². The molecule has 0 spiro atoms. The number of nitrogens with one attached hydrogen (secondary N) is 1. The van der Waals surface area contributed by atoms with E-state index in [1.807, 2.05) is 55.5 Å². The summed E-state index contributed by atoms with van der Waals surface area (Å²) in [5, 5.41) is 3.81. The summed E-state index contributed by atoms with van der Waals surface area (Å²) in [6.45, 7) is 2.32. The molecule has 0 radical (unpaired) electrons. The van der Waals surface area contributed by atoms with Crippen LogP contribution in [-0.4, -0.2) is 30.1 Å². The van der Waals surface area contributed by atoms with E-state index in [0.29, 0.717) is 29.3 Å². The second-order valence-corrected chi connectivity index (χ2v) is 7.15. The average molecular weight is 413 g/mol. The molecule has 0 fully saturated rings. The molecule has 0 atom stereocenters. The van der Waals surface area contributed by atoms with Crippen LogP contribution in [0.5, 0.6) is 11.5 Å². The number of hydrogen-bond acceptors (Lipinski definition) is 5. The Morgan fingerprint density at radius 2 is 1.84 bits per heavy atom. The topological polar surface area (TPSA) is 73.3 Å². The molecule has 4 rings (SSSR count). The highest BCUT2D eigenvalue weighted by Crippen LogP contribution is 2.26. The van der Waals surface area contributed by atoms with Crippen molar-refractivity contribution in [2.45, 2.75) is 13.5 Å². The van der Waals surface area contributed by atoms with Gasteiger partial charge in [-0.05, 0) is 49.4 Å². The van der Waals surface area contributed by atoms with Crippen LogP contribution < -0.4 is 14.8 Å². The number of rotatable bonds is 6. The van der Waals surface area contributed by atoms with E-state index in [9.17, 15) is 4.79 Å². The van der Waals surface area contributed by atoms with Crippen LogP contribution in [0.25, 0.3) is 22.3 Å². The second kappa shape index (κ2) is 8.83. The van der Waals surface area contributed by atoms with Crippen LogP contribution in [0.2, 0.25) is 0 Å². The molecule has 0 unspecified atom stereocenters. The Bertz CT molecular complexity index is 1240. The molecule has 31 heavy (non-hydrogen) atoms. The molecule has 1 N–H and O–H groups in total. The van der Waals surface area contributed by atoms with Crippen LogP contribution in [0.1, 0.15) is 21.5 Å². The molecule has 6 heteroatoms. The second-order valence-electron chi connectivity index (χ2n) is 7.15. The largest absolute Gasteiger partial charge is 0.497 e. The van der Waals surface area contributed by atoms with Crippen molar-refractivity contribution in [3.63, 3.8) is 0 Å². The Morgan fingerprint density at radius 3 is 2.58 bits per heavy atom. The predicted molar refractivity (Wildman–Crippen MR) is 120 cm³/mol. The van der Waals surface area contributed by atoms with Crippen LogP contribution in [0.3, 0.4) is 0 Å². The van der Waals surface area contributed by atoms with Gasteiger partial charge in [0.15, 0.2) is 0 Å². The number of amides is 1. The van der Waals surface area contributed by atoms with E-state index >= 15 is 0 Å². The molecule has 4 aromatic rings. The van der Waals surface area contributed by atoms with Crippen LogP contribution >= 0.6 is 0 Å². The highest BCUT2D eigenvalue weighted by atomic mass is 16.5. The number of benzene rings is 2. The van der Waals surface area contributed by atoms with E-state index in [2.05, 4.69) is 10.3 Å². The van der Waals surface area contributed by atoms with Crippen molar-refractivity contribution in [1.29, 1.82) is 0 Å². The van der Waals surface area contributed by atoms with Gasteiger partial charge in [0.25, 0.3) is 5.91 Å². The Hall–Kier alpha value is -3.93. The number of methoxy groups -OCH3 is 2. The molecule has 0 aliphatic heterocycles. The molecule has 1 amide bonds. The molecule has 0 aliphatic rings. The molecule has 0 saturated heterocycles. The van der Waals surface area contributed by atoms with E-state index in [0.717, 1.165) is 27.7 Å². The summed E-state index contributed by atoms with van der Waals surface area (Å²) in [6.07, 6.45) is 1.71. The van der Waals surface area contributed by atoms with E-state index in [-0.39, 0.29) is 5.91 Å². The molecule has 2 aromatic heterocycles. The van der Waals surface area contributed by atoms with E-state index < -0.39 is 0 Å². The quantitative estimate of drug-likeness (QED) is 0.502. The van der Waals surface area contributed by atoms with Crippen LogP contribution in [0.4, 0.5) is 0 Å². The smallest absolute Gasteiger partial charge is 0.252 e. The van der Waals surface area contributed by atoms with E-state index in [4.69, 9.17) is 14.5 Å². The summed E-state index contributed by atoms with van der Waals surface area (Å²) in [5.41, 5.74) is 4.60. The molecule has 2 heterocycles. The molecule has 6 nitrogen and oxygen atoms in total. The molecule has 2 aromatic carbocycles. The lowest BCUT2D eigenvalue weighted by atomic mass is 10.0. The highest BCUT2D eigenvalue weighted by molar-refractivity contribution is 6.07. The zero-order valence-corrected chi connectivity index (χ0v) is 17.7. The minimum Gasteiger partial charge on any atom is -0.497 e. The summed E-state index contributed by atoms with van der Waals surface area (Å²) in [4.78, 5) is 22.3. The number of hydrogen-bond donors (Lipinski definition) is 1. The van der Waals surface area contributed by atoms with Crippen molar-refractivity contribution in [1.82, 2.24) is 15.3 Å². The van der Waals surface area contributed by atoms with E-state index in [1.165, 1.54) is 0 Å². The maximum Gasteiger partial charge on any atom is 0.252 e. The first-order valence-corrected chi connectivity index (χ1v) is 9.91. The van der Waals surface area contributed by atoms with Crippen molar-refractivity contribution < 1.29 is 14.3 Å². The Balaban J connectivity index is 1.69. The number of aromatic nitrogens is 2. The minimum absolute atomic E-state index is 0.187. The minimum atomic E-state index is -0.187. The van der Waals surface area contributed by atoms with Gasteiger partial charge in [-0.1, -0.05) is 17.7 Å². The zero-order chi connectivity index (χ0) is 21.8. The molecule has 0 aliphatic carbocycles. The first-order valence-electron chi connectivity index (χ1n) is 9.91. The third-order valence-corrected chi connectivity index (χ3v) is 5.07. The fourth-order valence-corrected chi connectivity index (χ4v) is 3.44. The van der Waals surface area contributed by atoms with Crippen molar-refractivity contribution in [2.24, 2.45) is 0 Å². The van der Waals surface area contributed by atoms with Crippen molar-refractivity contribution >= 4 is 16.8 Å². The van der Waals surface area contributed by atoms with Gasteiger partial charge in [-0.2, -0.15) is 0 Å². The summed E-state index contributed by atoms with van der Waals surface area (Å²) >= 11 is 0.